The highest BCUT2D eigenvalue weighted by Crippen LogP contribution is 2.36. The van der Waals surface area contributed by atoms with E-state index in [0.717, 1.165) is 18.6 Å². The molecule has 2 saturated heterocycles. The minimum atomic E-state index is -0.289. The highest BCUT2D eigenvalue weighted by molar-refractivity contribution is 5.92. The van der Waals surface area contributed by atoms with Crippen LogP contribution in [0.25, 0.3) is 0 Å². The smallest absolute Gasteiger partial charge is 0.272 e. The summed E-state index contributed by atoms with van der Waals surface area (Å²) in [5, 5.41) is 0. The van der Waals surface area contributed by atoms with E-state index in [1.165, 1.54) is 6.33 Å². The van der Waals surface area contributed by atoms with Gasteiger partial charge in [-0.3, -0.25) is 9.78 Å². The molecule has 0 saturated carbocycles. The number of likely N-dealkylation sites (tertiary alicyclic amines) is 1. The monoisotopic (exact) mass is 314 g/mol. The summed E-state index contributed by atoms with van der Waals surface area (Å²) in [7, 11) is 0. The highest BCUT2D eigenvalue weighted by atomic mass is 16.6. The second kappa shape index (κ2) is 5.66. The predicted octanol–water partition coefficient (Wildman–Crippen LogP) is 1.26. The van der Waals surface area contributed by atoms with Crippen LogP contribution in [-0.4, -0.2) is 57.2 Å². The Hall–Kier alpha value is -2.41. The van der Waals surface area contributed by atoms with Crippen LogP contribution in [0, 0.1) is 0 Å². The summed E-state index contributed by atoms with van der Waals surface area (Å²) < 4.78 is 11.9. The molecule has 1 amide bonds. The van der Waals surface area contributed by atoms with E-state index in [-0.39, 0.29) is 17.6 Å². The Labute approximate surface area is 133 Å². The second-order valence-corrected chi connectivity index (χ2v) is 6.07. The van der Waals surface area contributed by atoms with Crippen LogP contribution in [0.15, 0.2) is 37.1 Å². The molecular weight excluding hydrogens is 296 g/mol. The molecule has 2 aromatic heterocycles. The number of hydrogen-bond donors (Lipinski definition) is 1. The van der Waals surface area contributed by atoms with Crippen molar-refractivity contribution in [3.8, 4) is 5.75 Å². The van der Waals surface area contributed by atoms with Gasteiger partial charge in [0.25, 0.3) is 5.91 Å². The maximum atomic E-state index is 12.4. The molecule has 7 nitrogen and oxygen atoms in total. The number of hydrogen-bond acceptors (Lipinski definition) is 5. The zero-order chi connectivity index (χ0) is 15.7. The third kappa shape index (κ3) is 2.79. The van der Waals surface area contributed by atoms with Gasteiger partial charge in [0.05, 0.1) is 37.5 Å². The standard InChI is InChI=1S/C16H18N4O3/c21-15(14-8-18-11-19-14)20-5-3-16(10-20)6-13(9-22-16)23-12-2-1-4-17-7-12/h1-2,4,7-8,11,13H,3,5-6,9-10H2,(H,18,19)/t13-,16-/m0/s1. The van der Waals surface area contributed by atoms with E-state index in [1.54, 1.807) is 18.6 Å². The van der Waals surface area contributed by atoms with Crippen LogP contribution in [0.2, 0.25) is 0 Å². The van der Waals surface area contributed by atoms with Crippen LogP contribution in [0.1, 0.15) is 23.3 Å². The van der Waals surface area contributed by atoms with Gasteiger partial charge in [0.2, 0.25) is 0 Å². The Morgan fingerprint density at radius 1 is 1.43 bits per heavy atom. The molecule has 2 fully saturated rings. The Morgan fingerprint density at radius 3 is 3.17 bits per heavy atom. The molecule has 0 radical (unpaired) electrons. The van der Waals surface area contributed by atoms with Crippen molar-refractivity contribution in [3.05, 3.63) is 42.7 Å². The lowest BCUT2D eigenvalue weighted by Gasteiger charge is -2.23. The fourth-order valence-electron chi connectivity index (χ4n) is 3.33. The van der Waals surface area contributed by atoms with Gasteiger partial charge in [-0.2, -0.15) is 0 Å². The quantitative estimate of drug-likeness (QED) is 0.922. The number of aromatic nitrogens is 3. The number of pyridine rings is 1. The first-order valence-corrected chi connectivity index (χ1v) is 7.72. The zero-order valence-corrected chi connectivity index (χ0v) is 12.6. The molecule has 120 valence electrons. The van der Waals surface area contributed by atoms with E-state index in [9.17, 15) is 4.79 Å². The van der Waals surface area contributed by atoms with E-state index in [1.807, 2.05) is 17.0 Å². The van der Waals surface area contributed by atoms with Gasteiger partial charge < -0.3 is 19.4 Å². The summed E-state index contributed by atoms with van der Waals surface area (Å²) in [6, 6.07) is 3.74. The van der Waals surface area contributed by atoms with Crippen molar-refractivity contribution in [2.75, 3.05) is 19.7 Å². The van der Waals surface area contributed by atoms with Gasteiger partial charge in [-0.05, 0) is 18.6 Å². The summed E-state index contributed by atoms with van der Waals surface area (Å²) >= 11 is 0. The number of rotatable bonds is 3. The van der Waals surface area contributed by atoms with Crippen molar-refractivity contribution in [1.29, 1.82) is 0 Å². The number of nitrogens with one attached hydrogen (secondary N) is 1. The largest absolute Gasteiger partial charge is 0.486 e. The molecule has 1 spiro atoms. The average Bonchev–Trinajstić information content (AvgIpc) is 3.31. The fraction of sp³-hybridized carbons (Fsp3) is 0.438. The normalized spacial score (nSPS) is 26.8. The van der Waals surface area contributed by atoms with Crippen LogP contribution in [-0.2, 0) is 4.74 Å². The van der Waals surface area contributed by atoms with Crippen molar-refractivity contribution >= 4 is 5.91 Å². The number of amides is 1. The Balaban J connectivity index is 1.38. The summed E-state index contributed by atoms with van der Waals surface area (Å²) in [5.74, 6) is 0.723. The minimum Gasteiger partial charge on any atom is -0.486 e. The molecule has 0 aromatic carbocycles. The number of carbonyl (C=O) groups excluding carboxylic acids is 1. The van der Waals surface area contributed by atoms with E-state index < -0.39 is 0 Å². The zero-order valence-electron chi connectivity index (χ0n) is 12.6. The van der Waals surface area contributed by atoms with Gasteiger partial charge in [-0.25, -0.2) is 4.98 Å². The summed E-state index contributed by atoms with van der Waals surface area (Å²) in [6.45, 7) is 1.83. The lowest BCUT2D eigenvalue weighted by molar-refractivity contribution is 0.00989. The number of ether oxygens (including phenoxy) is 2. The SMILES string of the molecule is O=C(c1cnc[nH]1)N1CC[C@]2(C[C@H](Oc3cccnc3)CO2)C1. The maximum absolute atomic E-state index is 12.4. The van der Waals surface area contributed by atoms with E-state index >= 15 is 0 Å². The lowest BCUT2D eigenvalue weighted by atomic mass is 9.98. The van der Waals surface area contributed by atoms with Gasteiger partial charge in [0.15, 0.2) is 0 Å². The molecule has 0 unspecified atom stereocenters. The van der Waals surface area contributed by atoms with Crippen LogP contribution >= 0.6 is 0 Å². The fourth-order valence-corrected chi connectivity index (χ4v) is 3.33. The van der Waals surface area contributed by atoms with E-state index in [2.05, 4.69) is 15.0 Å². The van der Waals surface area contributed by atoms with Crippen molar-refractivity contribution in [3.63, 3.8) is 0 Å². The molecule has 2 aliphatic rings. The Morgan fingerprint density at radius 2 is 2.39 bits per heavy atom. The first kappa shape index (κ1) is 14.2. The molecule has 2 aliphatic heterocycles. The Bertz CT molecular complexity index is 676. The highest BCUT2D eigenvalue weighted by Gasteiger charge is 2.47. The van der Waals surface area contributed by atoms with Crippen LogP contribution in [0.3, 0.4) is 0 Å². The van der Waals surface area contributed by atoms with Gasteiger partial charge in [-0.15, -0.1) is 0 Å². The summed E-state index contributed by atoms with van der Waals surface area (Å²) in [5.41, 5.74) is 0.228. The maximum Gasteiger partial charge on any atom is 0.272 e. The molecule has 1 N–H and O–H groups in total. The summed E-state index contributed by atoms with van der Waals surface area (Å²) in [6.07, 6.45) is 8.11. The first-order valence-electron chi connectivity index (χ1n) is 7.72. The van der Waals surface area contributed by atoms with Crippen LogP contribution < -0.4 is 4.74 Å². The van der Waals surface area contributed by atoms with E-state index in [4.69, 9.17) is 9.47 Å². The van der Waals surface area contributed by atoms with Gasteiger partial charge in [-0.1, -0.05) is 0 Å². The van der Waals surface area contributed by atoms with Crippen molar-refractivity contribution in [2.24, 2.45) is 0 Å². The number of aromatic amines is 1. The number of carbonyl (C=O) groups is 1. The van der Waals surface area contributed by atoms with Crippen LogP contribution in [0.5, 0.6) is 5.75 Å². The molecule has 23 heavy (non-hydrogen) atoms. The third-order valence-electron chi connectivity index (χ3n) is 4.44. The topological polar surface area (TPSA) is 80.3 Å². The third-order valence-corrected chi connectivity index (χ3v) is 4.44. The number of imidazole rings is 1. The predicted molar refractivity (Wildman–Crippen MR) is 81.1 cm³/mol. The number of nitrogens with zero attached hydrogens (tertiary/aromatic N) is 3. The molecule has 0 bridgehead atoms. The van der Waals surface area contributed by atoms with Crippen molar-refractivity contribution < 1.29 is 14.3 Å². The molecule has 4 rings (SSSR count). The van der Waals surface area contributed by atoms with Crippen molar-refractivity contribution in [1.82, 2.24) is 19.9 Å². The van der Waals surface area contributed by atoms with Crippen molar-refractivity contribution in [2.45, 2.75) is 24.5 Å². The Kier molecular flexibility index (Phi) is 3.49. The molecular formula is C16H18N4O3. The average molecular weight is 314 g/mol. The lowest BCUT2D eigenvalue weighted by Crippen LogP contribution is -2.36. The van der Waals surface area contributed by atoms with E-state index in [0.29, 0.717) is 25.4 Å². The molecule has 2 aromatic rings. The first-order chi connectivity index (χ1) is 11.2. The minimum absolute atomic E-state index is 0.00130. The van der Waals surface area contributed by atoms with Crippen LogP contribution in [0.4, 0.5) is 0 Å². The van der Waals surface area contributed by atoms with Gasteiger partial charge in [0, 0.05) is 19.2 Å². The summed E-state index contributed by atoms with van der Waals surface area (Å²) in [4.78, 5) is 25.0. The second-order valence-electron chi connectivity index (χ2n) is 6.07. The molecule has 0 aliphatic carbocycles. The number of H-pyrrole nitrogens is 1. The molecule has 2 atom stereocenters. The van der Waals surface area contributed by atoms with Gasteiger partial charge in [0.1, 0.15) is 17.5 Å². The molecule has 4 heterocycles. The van der Waals surface area contributed by atoms with Gasteiger partial charge >= 0.3 is 0 Å². The molecule has 7 heteroatoms.